The van der Waals surface area contributed by atoms with Crippen LogP contribution in [0.1, 0.15) is 32.1 Å². The van der Waals surface area contributed by atoms with Gasteiger partial charge in [-0.1, -0.05) is 18.6 Å². The lowest BCUT2D eigenvalue weighted by atomic mass is 9.95. The molecular formula is C14H21Cl2N3. The first kappa shape index (κ1) is 16.4. The summed E-state index contributed by atoms with van der Waals surface area (Å²) in [5.41, 5.74) is 2.42. The lowest BCUT2D eigenvalue weighted by Crippen LogP contribution is -3.00. The maximum atomic E-state index is 4.67. The van der Waals surface area contributed by atoms with Crippen molar-refractivity contribution in [3.05, 3.63) is 24.3 Å². The third-order valence-electron chi connectivity index (χ3n) is 3.83. The Morgan fingerprint density at radius 3 is 2.58 bits per heavy atom. The van der Waals surface area contributed by atoms with Crippen molar-refractivity contribution in [3.63, 3.8) is 0 Å². The summed E-state index contributed by atoms with van der Waals surface area (Å²) in [5, 5.41) is 4.72. The van der Waals surface area contributed by atoms with Crippen molar-refractivity contribution in [1.82, 2.24) is 0 Å². The normalized spacial score (nSPS) is 18.0. The molecule has 106 valence electrons. The average Bonchev–Trinajstić information content (AvgIpc) is 2.80. The predicted octanol–water partition coefficient (Wildman–Crippen LogP) is -5.17. The molecule has 0 amide bonds. The highest BCUT2D eigenvalue weighted by Crippen LogP contribution is 2.22. The smallest absolute Gasteiger partial charge is 0.261 e. The Balaban J connectivity index is 0.000000902. The molecule has 0 spiro atoms. The molecule has 1 aliphatic carbocycles. The van der Waals surface area contributed by atoms with Gasteiger partial charge in [0, 0.05) is 6.07 Å². The third-order valence-corrected chi connectivity index (χ3v) is 3.83. The van der Waals surface area contributed by atoms with Crippen LogP contribution in [0.3, 0.4) is 0 Å². The average molecular weight is 302 g/mol. The molecule has 1 aromatic carbocycles. The summed E-state index contributed by atoms with van der Waals surface area (Å²) in [7, 11) is 0. The lowest BCUT2D eigenvalue weighted by Gasteiger charge is -2.19. The van der Waals surface area contributed by atoms with E-state index in [2.05, 4.69) is 39.9 Å². The largest absolute Gasteiger partial charge is 1.00 e. The van der Waals surface area contributed by atoms with Gasteiger partial charge in [-0.2, -0.15) is 4.99 Å². The molecule has 4 N–H and O–H groups in total. The van der Waals surface area contributed by atoms with Crippen LogP contribution in [0.2, 0.25) is 0 Å². The Hall–Kier alpha value is -0.610. The first-order valence-electron chi connectivity index (χ1n) is 6.76. The van der Waals surface area contributed by atoms with E-state index in [4.69, 9.17) is 0 Å². The van der Waals surface area contributed by atoms with E-state index in [9.17, 15) is 0 Å². The summed E-state index contributed by atoms with van der Waals surface area (Å²) in [6, 6.07) is 9.22. The molecule has 1 heterocycles. The summed E-state index contributed by atoms with van der Waals surface area (Å²) < 4.78 is 0. The maximum absolute atomic E-state index is 4.67. The Labute approximate surface area is 127 Å². The van der Waals surface area contributed by atoms with Gasteiger partial charge in [0.1, 0.15) is 5.69 Å². The monoisotopic (exact) mass is 301 g/mol. The molecule has 1 saturated carbocycles. The molecule has 0 unspecified atom stereocenters. The van der Waals surface area contributed by atoms with Gasteiger partial charge in [-0.05, 0) is 31.7 Å². The molecular weight excluding hydrogens is 281 g/mol. The summed E-state index contributed by atoms with van der Waals surface area (Å²) in [5.74, 6) is 1.23. The Morgan fingerprint density at radius 2 is 1.84 bits per heavy atom. The molecule has 1 aliphatic heterocycles. The zero-order chi connectivity index (χ0) is 11.5. The molecule has 0 bridgehead atoms. The van der Waals surface area contributed by atoms with Crippen LogP contribution in [-0.2, 0) is 0 Å². The highest BCUT2D eigenvalue weighted by atomic mass is 35.5. The minimum absolute atomic E-state index is 0. The van der Waals surface area contributed by atoms with E-state index >= 15 is 0 Å². The Morgan fingerprint density at radius 1 is 1.11 bits per heavy atom. The molecule has 3 rings (SSSR count). The number of nitrogens with two attached hydrogens (primary N) is 2. The summed E-state index contributed by atoms with van der Waals surface area (Å²) >= 11 is 0. The predicted molar refractivity (Wildman–Crippen MR) is 68.8 cm³/mol. The second kappa shape index (κ2) is 7.85. The number of nitrogens with zero attached hydrogens (tertiary/aromatic N) is 1. The standard InChI is InChI=1S/C14H19N3.2ClH/c1-2-6-11(7-3-1)15-10-14-16-12-8-4-5-9-13(12)17-14;;/h4-5,8-9,11,15H,1-3,6-7,10H2,(H,16,17);2*1H. The maximum Gasteiger partial charge on any atom is 0.261 e. The minimum Gasteiger partial charge on any atom is -1.00 e. The van der Waals surface area contributed by atoms with E-state index in [1.54, 1.807) is 0 Å². The molecule has 0 aromatic heterocycles. The molecule has 3 nitrogen and oxygen atoms in total. The first-order chi connectivity index (χ1) is 8.42. The first-order valence-corrected chi connectivity index (χ1v) is 6.76. The quantitative estimate of drug-likeness (QED) is 0.525. The number of amidine groups is 1. The molecule has 1 fully saturated rings. The minimum atomic E-state index is 0. The lowest BCUT2D eigenvalue weighted by molar-refractivity contribution is -0.687. The Bertz CT molecular complexity index is 428. The van der Waals surface area contributed by atoms with Crippen molar-refractivity contribution in [3.8, 4) is 0 Å². The summed E-state index contributed by atoms with van der Waals surface area (Å²) in [6.07, 6.45) is 7.04. The second-order valence-electron chi connectivity index (χ2n) is 5.14. The molecule has 0 radical (unpaired) electrons. The van der Waals surface area contributed by atoms with Crippen molar-refractivity contribution in [1.29, 1.82) is 0 Å². The van der Waals surface area contributed by atoms with Gasteiger partial charge in [-0.3, -0.25) is 5.32 Å². The molecule has 5 heteroatoms. The number of hydrogen-bond acceptors (Lipinski definition) is 1. The zero-order valence-electron chi connectivity index (χ0n) is 11.0. The van der Waals surface area contributed by atoms with Gasteiger partial charge in [-0.25, -0.2) is 0 Å². The highest BCUT2D eigenvalue weighted by Gasteiger charge is 2.22. The van der Waals surface area contributed by atoms with Gasteiger partial charge in [0.05, 0.1) is 6.04 Å². The van der Waals surface area contributed by atoms with Crippen LogP contribution in [0.15, 0.2) is 29.3 Å². The van der Waals surface area contributed by atoms with Crippen LogP contribution in [0, 0.1) is 0 Å². The number of para-hydroxylation sites is 2. The van der Waals surface area contributed by atoms with E-state index in [0.29, 0.717) is 0 Å². The van der Waals surface area contributed by atoms with Crippen molar-refractivity contribution >= 4 is 17.2 Å². The van der Waals surface area contributed by atoms with E-state index in [-0.39, 0.29) is 24.8 Å². The molecule has 2 aliphatic rings. The van der Waals surface area contributed by atoms with Crippen LogP contribution in [0.4, 0.5) is 11.4 Å². The van der Waals surface area contributed by atoms with Crippen LogP contribution >= 0.6 is 0 Å². The van der Waals surface area contributed by atoms with E-state index in [1.807, 2.05) is 0 Å². The van der Waals surface area contributed by atoms with Crippen molar-refractivity contribution in [2.24, 2.45) is 4.99 Å². The van der Waals surface area contributed by atoms with Gasteiger partial charge in [0.25, 0.3) is 5.84 Å². The third kappa shape index (κ3) is 4.18. The van der Waals surface area contributed by atoms with Crippen molar-refractivity contribution in [2.45, 2.75) is 38.1 Å². The molecule has 0 atom stereocenters. The van der Waals surface area contributed by atoms with Gasteiger partial charge in [0.15, 0.2) is 12.2 Å². The van der Waals surface area contributed by atoms with Crippen LogP contribution in [-0.4, -0.2) is 18.4 Å². The van der Waals surface area contributed by atoms with Gasteiger partial charge < -0.3 is 30.1 Å². The number of hydrogen-bond donors (Lipinski definition) is 2. The Kier molecular flexibility index (Phi) is 6.80. The second-order valence-corrected chi connectivity index (χ2v) is 5.14. The van der Waals surface area contributed by atoms with E-state index in [0.717, 1.165) is 18.3 Å². The van der Waals surface area contributed by atoms with Crippen LogP contribution < -0.4 is 35.4 Å². The topological polar surface area (TPSA) is 45.6 Å². The molecule has 1 aromatic rings. The van der Waals surface area contributed by atoms with Crippen LogP contribution in [0.5, 0.6) is 0 Å². The fraction of sp³-hybridized carbons (Fsp3) is 0.500. The SMILES string of the molecule is [Cl-].[Cl-].c1ccc2c(c1)N=C(C[NH2+]C1CCCCC1)[NH2+]2. The van der Waals surface area contributed by atoms with Crippen LogP contribution in [0.25, 0.3) is 0 Å². The van der Waals surface area contributed by atoms with E-state index in [1.165, 1.54) is 43.6 Å². The van der Waals surface area contributed by atoms with E-state index < -0.39 is 0 Å². The van der Waals surface area contributed by atoms with Crippen molar-refractivity contribution < 1.29 is 35.4 Å². The number of halogens is 2. The summed E-state index contributed by atoms with van der Waals surface area (Å²) in [6.45, 7) is 1.04. The summed E-state index contributed by atoms with van der Waals surface area (Å²) in [4.78, 5) is 4.67. The zero-order valence-corrected chi connectivity index (χ0v) is 12.5. The highest BCUT2D eigenvalue weighted by molar-refractivity contribution is 5.85. The number of rotatable bonds is 3. The fourth-order valence-corrected chi connectivity index (χ4v) is 2.84. The number of fused-ring (bicyclic) bond motifs is 1. The van der Waals surface area contributed by atoms with Gasteiger partial charge in [0.2, 0.25) is 0 Å². The molecule has 0 saturated heterocycles. The van der Waals surface area contributed by atoms with Gasteiger partial charge in [-0.15, -0.1) is 0 Å². The number of quaternary nitrogens is 2. The number of aliphatic imine (C=N–C) groups is 1. The molecule has 19 heavy (non-hydrogen) atoms. The number of benzene rings is 1. The fourth-order valence-electron chi connectivity index (χ4n) is 2.84. The van der Waals surface area contributed by atoms with Crippen molar-refractivity contribution in [2.75, 3.05) is 6.54 Å². The van der Waals surface area contributed by atoms with Gasteiger partial charge >= 0.3 is 0 Å².